The molecule has 0 aliphatic heterocycles. The molecule has 0 radical (unpaired) electrons. The first-order valence-electron chi connectivity index (χ1n) is 5.80. The molecule has 5 nitrogen and oxygen atoms in total. The van der Waals surface area contributed by atoms with Gasteiger partial charge in [-0.05, 0) is 30.7 Å². The van der Waals surface area contributed by atoms with Crippen molar-refractivity contribution < 1.29 is 19.4 Å². The zero-order chi connectivity index (χ0) is 14.4. The van der Waals surface area contributed by atoms with Gasteiger partial charge >= 0.3 is 5.97 Å². The molecule has 0 aliphatic carbocycles. The predicted octanol–water partition coefficient (Wildman–Crippen LogP) is 1.93. The second-order valence-corrected chi connectivity index (χ2v) is 4.79. The van der Waals surface area contributed by atoms with Crippen LogP contribution in [-0.2, 0) is 16.0 Å². The maximum Gasteiger partial charge on any atom is 0.323 e. The molecule has 0 bridgehead atoms. The number of carbonyl (C=O) groups is 2. The van der Waals surface area contributed by atoms with Crippen molar-refractivity contribution in [1.82, 2.24) is 4.90 Å². The van der Waals surface area contributed by atoms with E-state index in [9.17, 15) is 9.59 Å². The Hall–Kier alpha value is -1.56. The van der Waals surface area contributed by atoms with Crippen molar-refractivity contribution in [2.75, 3.05) is 20.2 Å². The molecule has 1 aromatic rings. The number of likely N-dealkylation sites (N-methyl/N-ethyl adjacent to an activating group) is 1. The number of methoxy groups -OCH3 is 1. The van der Waals surface area contributed by atoms with E-state index in [0.717, 1.165) is 10.0 Å². The number of amides is 1. The fraction of sp³-hybridized carbons (Fsp3) is 0.385. The smallest absolute Gasteiger partial charge is 0.323 e. The highest BCUT2D eigenvalue weighted by molar-refractivity contribution is 9.10. The van der Waals surface area contributed by atoms with Crippen LogP contribution in [0.25, 0.3) is 0 Å². The van der Waals surface area contributed by atoms with Gasteiger partial charge in [-0.2, -0.15) is 0 Å². The Labute approximate surface area is 120 Å². The van der Waals surface area contributed by atoms with Gasteiger partial charge in [0.1, 0.15) is 12.3 Å². The Balaban J connectivity index is 2.82. The number of carboxylic acid groups (broad SMARTS) is 1. The first-order chi connectivity index (χ1) is 8.97. The van der Waals surface area contributed by atoms with Crippen molar-refractivity contribution >= 4 is 27.8 Å². The van der Waals surface area contributed by atoms with Crippen LogP contribution < -0.4 is 4.74 Å². The number of benzene rings is 1. The molecule has 1 N–H and O–H groups in total. The maximum atomic E-state index is 12.0. The summed E-state index contributed by atoms with van der Waals surface area (Å²) in [7, 11) is 1.55. The second-order valence-electron chi connectivity index (χ2n) is 3.94. The Bertz CT molecular complexity index is 476. The summed E-state index contributed by atoms with van der Waals surface area (Å²) in [6.07, 6.45) is 0.138. The van der Waals surface area contributed by atoms with Crippen LogP contribution >= 0.6 is 15.9 Å². The first-order valence-corrected chi connectivity index (χ1v) is 6.59. The maximum absolute atomic E-state index is 12.0. The lowest BCUT2D eigenvalue weighted by atomic mass is 10.1. The number of carbonyl (C=O) groups excluding carboxylic acids is 1. The van der Waals surface area contributed by atoms with Crippen LogP contribution in [0.1, 0.15) is 12.5 Å². The minimum Gasteiger partial charge on any atom is -0.497 e. The number of carboxylic acids is 1. The summed E-state index contributed by atoms with van der Waals surface area (Å²) >= 11 is 3.37. The van der Waals surface area contributed by atoms with Gasteiger partial charge < -0.3 is 14.7 Å². The van der Waals surface area contributed by atoms with Crippen molar-refractivity contribution in [3.8, 4) is 5.75 Å². The highest BCUT2D eigenvalue weighted by Crippen LogP contribution is 2.23. The van der Waals surface area contributed by atoms with Crippen molar-refractivity contribution in [1.29, 1.82) is 0 Å². The minimum absolute atomic E-state index is 0.138. The molecule has 0 atom stereocenters. The van der Waals surface area contributed by atoms with E-state index in [1.807, 2.05) is 0 Å². The summed E-state index contributed by atoms with van der Waals surface area (Å²) in [5.74, 6) is -0.578. The quantitative estimate of drug-likeness (QED) is 0.866. The van der Waals surface area contributed by atoms with E-state index in [-0.39, 0.29) is 18.9 Å². The number of hydrogen-bond donors (Lipinski definition) is 1. The number of rotatable bonds is 6. The topological polar surface area (TPSA) is 66.8 Å². The summed E-state index contributed by atoms with van der Waals surface area (Å²) in [6.45, 7) is 1.84. The van der Waals surface area contributed by atoms with Crippen LogP contribution in [0.3, 0.4) is 0 Å². The molecule has 0 spiro atoms. The van der Waals surface area contributed by atoms with Crippen molar-refractivity contribution in [2.24, 2.45) is 0 Å². The van der Waals surface area contributed by atoms with E-state index >= 15 is 0 Å². The van der Waals surface area contributed by atoms with Crippen LogP contribution in [-0.4, -0.2) is 42.1 Å². The Morgan fingerprint density at radius 1 is 1.42 bits per heavy atom. The van der Waals surface area contributed by atoms with Crippen molar-refractivity contribution in [3.63, 3.8) is 0 Å². The molecule has 6 heteroatoms. The molecule has 0 heterocycles. The fourth-order valence-electron chi connectivity index (χ4n) is 1.63. The molecule has 104 valence electrons. The number of ether oxygens (including phenoxy) is 1. The van der Waals surface area contributed by atoms with Crippen LogP contribution in [0, 0.1) is 0 Å². The summed E-state index contributed by atoms with van der Waals surface area (Å²) in [6, 6.07) is 5.35. The van der Waals surface area contributed by atoms with Gasteiger partial charge in [-0.3, -0.25) is 9.59 Å². The molecule has 19 heavy (non-hydrogen) atoms. The molecule has 1 amide bonds. The number of hydrogen-bond acceptors (Lipinski definition) is 3. The third kappa shape index (κ3) is 4.55. The molecule has 1 aromatic carbocycles. The third-order valence-corrected chi connectivity index (χ3v) is 3.43. The number of nitrogens with zero attached hydrogens (tertiary/aromatic N) is 1. The van der Waals surface area contributed by atoms with Gasteiger partial charge in [0.2, 0.25) is 5.91 Å². The third-order valence-electron chi connectivity index (χ3n) is 2.66. The number of halogens is 1. The standard InChI is InChI=1S/C13H16BrNO4/c1-3-15(8-13(17)18)12(16)7-9-6-10(19-2)4-5-11(9)14/h4-6H,3,7-8H2,1-2H3,(H,17,18). The molecule has 0 fully saturated rings. The zero-order valence-electron chi connectivity index (χ0n) is 10.9. The van der Waals surface area contributed by atoms with Gasteiger partial charge in [0.05, 0.1) is 13.5 Å². The van der Waals surface area contributed by atoms with Gasteiger partial charge in [-0.15, -0.1) is 0 Å². The van der Waals surface area contributed by atoms with Gasteiger partial charge in [0.25, 0.3) is 0 Å². The lowest BCUT2D eigenvalue weighted by Gasteiger charge is -2.19. The summed E-state index contributed by atoms with van der Waals surface area (Å²) in [5, 5.41) is 8.74. The van der Waals surface area contributed by atoms with Crippen LogP contribution in [0.5, 0.6) is 5.75 Å². The van der Waals surface area contributed by atoms with Crippen molar-refractivity contribution in [2.45, 2.75) is 13.3 Å². The van der Waals surface area contributed by atoms with Gasteiger partial charge in [0, 0.05) is 11.0 Å². The first kappa shape index (κ1) is 15.5. The molecular formula is C13H16BrNO4. The van der Waals surface area contributed by atoms with Crippen molar-refractivity contribution in [3.05, 3.63) is 28.2 Å². The van der Waals surface area contributed by atoms with E-state index in [4.69, 9.17) is 9.84 Å². The molecule has 0 unspecified atom stereocenters. The average Bonchev–Trinajstić information content (AvgIpc) is 2.38. The fourth-order valence-corrected chi connectivity index (χ4v) is 2.01. The van der Waals surface area contributed by atoms with E-state index in [1.54, 1.807) is 32.2 Å². The van der Waals surface area contributed by atoms with E-state index in [2.05, 4.69) is 15.9 Å². The van der Waals surface area contributed by atoms with Crippen LogP contribution in [0.2, 0.25) is 0 Å². The second kappa shape index (κ2) is 7.13. The molecule has 0 aromatic heterocycles. The van der Waals surface area contributed by atoms with Gasteiger partial charge in [-0.25, -0.2) is 0 Å². The highest BCUT2D eigenvalue weighted by Gasteiger charge is 2.16. The Morgan fingerprint density at radius 3 is 2.63 bits per heavy atom. The number of aliphatic carboxylic acids is 1. The van der Waals surface area contributed by atoms with Gasteiger partial charge in [-0.1, -0.05) is 15.9 Å². The zero-order valence-corrected chi connectivity index (χ0v) is 12.4. The summed E-state index contributed by atoms with van der Waals surface area (Å²) < 4.78 is 5.90. The predicted molar refractivity (Wildman–Crippen MR) is 74.3 cm³/mol. The van der Waals surface area contributed by atoms with E-state index in [0.29, 0.717) is 12.3 Å². The molecule has 0 saturated carbocycles. The van der Waals surface area contributed by atoms with Crippen LogP contribution in [0.15, 0.2) is 22.7 Å². The minimum atomic E-state index is -1.01. The Morgan fingerprint density at radius 2 is 2.11 bits per heavy atom. The summed E-state index contributed by atoms with van der Waals surface area (Å²) in [4.78, 5) is 24.0. The lowest BCUT2D eigenvalue weighted by molar-refractivity contribution is -0.144. The highest BCUT2D eigenvalue weighted by atomic mass is 79.9. The normalized spacial score (nSPS) is 10.1. The van der Waals surface area contributed by atoms with E-state index < -0.39 is 5.97 Å². The Kier molecular flexibility index (Phi) is 5.82. The molecular weight excluding hydrogens is 314 g/mol. The van der Waals surface area contributed by atoms with Crippen LogP contribution in [0.4, 0.5) is 0 Å². The van der Waals surface area contributed by atoms with Gasteiger partial charge in [0.15, 0.2) is 0 Å². The molecule has 1 rings (SSSR count). The SMILES string of the molecule is CCN(CC(=O)O)C(=O)Cc1cc(OC)ccc1Br. The molecule has 0 aliphatic rings. The lowest BCUT2D eigenvalue weighted by Crippen LogP contribution is -2.36. The largest absolute Gasteiger partial charge is 0.497 e. The average molecular weight is 330 g/mol. The monoisotopic (exact) mass is 329 g/mol. The summed E-state index contributed by atoms with van der Waals surface area (Å²) in [5.41, 5.74) is 0.771. The van der Waals surface area contributed by atoms with E-state index in [1.165, 1.54) is 4.90 Å². The molecule has 0 saturated heterocycles.